The van der Waals surface area contributed by atoms with Gasteiger partial charge in [-0.2, -0.15) is 0 Å². The number of rotatable bonds is 5. The van der Waals surface area contributed by atoms with Crippen LogP contribution in [0.5, 0.6) is 0 Å². The topological polar surface area (TPSA) is 48.2 Å². The molecule has 0 aromatic heterocycles. The number of Topliss-reactive ketones (excluding diaryl/α,β-unsaturated/α-hetero) is 1. The minimum atomic E-state index is -0.135. The van der Waals surface area contributed by atoms with Gasteiger partial charge < -0.3 is 0 Å². The van der Waals surface area contributed by atoms with Crippen molar-refractivity contribution in [3.8, 4) is 0 Å². The zero-order valence-electron chi connectivity index (χ0n) is 5.75. The van der Waals surface area contributed by atoms with Crippen LogP contribution in [-0.2, 0) is 42.2 Å². The summed E-state index contributed by atoms with van der Waals surface area (Å²) in [4.78, 5) is 10.1. The molecule has 0 fully saturated rings. The fourth-order valence-electron chi connectivity index (χ4n) is 0.348. The van der Waals surface area contributed by atoms with E-state index in [9.17, 15) is 9.50 Å². The molecule has 0 aliphatic heterocycles. The average molecular weight is 214 g/mol. The van der Waals surface area contributed by atoms with Crippen LogP contribution in [0.4, 0.5) is 0 Å². The molecule has 53 valence electrons. The van der Waals surface area contributed by atoms with Crippen LogP contribution in [0, 0.1) is 6.92 Å². The SMILES string of the molecule is [CH2-]C(=O)CC[N-]CB=O.[Y]. The second-order valence-corrected chi connectivity index (χ2v) is 1.59. The van der Waals surface area contributed by atoms with E-state index in [1.165, 1.54) is 0 Å². The summed E-state index contributed by atoms with van der Waals surface area (Å²) in [5.74, 6) is -0.135. The number of ketones is 1. The third kappa shape index (κ3) is 11.3. The molecule has 0 saturated heterocycles. The molecule has 0 aliphatic carbocycles. The van der Waals surface area contributed by atoms with Gasteiger partial charge in [-0.3, -0.25) is 0 Å². The molecule has 0 heterocycles. The normalized spacial score (nSPS) is 7.60. The van der Waals surface area contributed by atoms with Gasteiger partial charge in [0.1, 0.15) is 0 Å². The second-order valence-electron chi connectivity index (χ2n) is 1.59. The quantitative estimate of drug-likeness (QED) is 0.371. The van der Waals surface area contributed by atoms with Gasteiger partial charge in [0.05, 0.1) is 0 Å². The Morgan fingerprint density at radius 3 is 2.60 bits per heavy atom. The van der Waals surface area contributed by atoms with Crippen LogP contribution in [0.1, 0.15) is 6.42 Å². The monoisotopic (exact) mass is 214 g/mol. The van der Waals surface area contributed by atoms with E-state index in [4.69, 9.17) is 0 Å². The Labute approximate surface area is 86.5 Å². The first-order chi connectivity index (χ1) is 4.27. The zero-order valence-corrected chi connectivity index (χ0v) is 8.59. The Kier molecular flexibility index (Phi) is 12.4. The second kappa shape index (κ2) is 9.47. The largest absolute Gasteiger partial charge is 0 e. The van der Waals surface area contributed by atoms with Crippen molar-refractivity contribution in [2.75, 3.05) is 13.0 Å². The van der Waals surface area contributed by atoms with Gasteiger partial charge >= 0.3 is 54.1 Å². The predicted octanol–water partition coefficient (Wildman–Crippen LogP) is 0.158. The maximum atomic E-state index is 10.1. The van der Waals surface area contributed by atoms with Crippen molar-refractivity contribution in [3.05, 3.63) is 12.2 Å². The molecule has 0 aromatic carbocycles. The molecule has 0 aliphatic rings. The van der Waals surface area contributed by atoms with E-state index in [0.29, 0.717) is 20.1 Å². The van der Waals surface area contributed by atoms with E-state index in [2.05, 4.69) is 12.2 Å². The molecule has 10 heavy (non-hydrogen) atoms. The van der Waals surface area contributed by atoms with Gasteiger partial charge in [-0.15, -0.1) is 0 Å². The van der Waals surface area contributed by atoms with E-state index in [-0.39, 0.29) is 44.9 Å². The fraction of sp³-hybridized carbons (Fsp3) is 0.600. The third-order valence-electron chi connectivity index (χ3n) is 0.752. The van der Waals surface area contributed by atoms with Crippen molar-refractivity contribution in [1.82, 2.24) is 0 Å². The van der Waals surface area contributed by atoms with Crippen molar-refractivity contribution in [1.29, 1.82) is 0 Å². The molecule has 5 heteroatoms. The van der Waals surface area contributed by atoms with Crippen LogP contribution in [0.2, 0.25) is 0 Å². The molecule has 0 amide bonds. The number of carbonyl (C=O) groups excluding carboxylic acids is 1. The molecular weight excluding hydrogens is 206 g/mol. The summed E-state index contributed by atoms with van der Waals surface area (Å²) in [7, 11) is 0.702. The first kappa shape index (κ1) is 13.1. The minimum absolute atomic E-state index is 0. The maximum absolute atomic E-state index is 10.1. The van der Waals surface area contributed by atoms with Gasteiger partial charge in [0.2, 0.25) is 0 Å². The summed E-state index contributed by atoms with van der Waals surface area (Å²) in [6.07, 6.45) is 0.529. The van der Waals surface area contributed by atoms with E-state index >= 15 is 0 Å². The number of hydrogen-bond acceptors (Lipinski definition) is 2. The smallest absolute Gasteiger partial charge is 0 e. The summed E-state index contributed by atoms with van der Waals surface area (Å²) in [6.45, 7) is 3.57. The van der Waals surface area contributed by atoms with Crippen molar-refractivity contribution in [2.45, 2.75) is 6.42 Å². The predicted molar refractivity (Wildman–Crippen MR) is 34.5 cm³/mol. The standard InChI is InChI=1S/C5H8BNO2.Y/c1-5(8)2-3-7-4-6-9;/h1-4H2;/q-2;. The van der Waals surface area contributed by atoms with Gasteiger partial charge in [0.25, 0.3) is 0 Å². The molecule has 1 radical (unpaired) electrons. The van der Waals surface area contributed by atoms with Crippen LogP contribution < -0.4 is 0 Å². The van der Waals surface area contributed by atoms with Gasteiger partial charge in [-0.05, 0) is 0 Å². The van der Waals surface area contributed by atoms with Crippen LogP contribution in [0.15, 0.2) is 0 Å². The van der Waals surface area contributed by atoms with Crippen molar-refractivity contribution < 1.29 is 42.2 Å². The first-order valence-electron chi connectivity index (χ1n) is 2.69. The molecule has 0 saturated carbocycles. The summed E-state index contributed by atoms with van der Waals surface area (Å²) in [5.41, 5.74) is 0. The summed E-state index contributed by atoms with van der Waals surface area (Å²) in [5, 5.41) is 3.70. The number of carbonyl (C=O) groups is 1. The molecule has 0 N–H and O–H groups in total. The molecule has 0 bridgehead atoms. The first-order valence-corrected chi connectivity index (χ1v) is 2.69. The van der Waals surface area contributed by atoms with Crippen LogP contribution in [0.25, 0.3) is 5.32 Å². The van der Waals surface area contributed by atoms with Crippen molar-refractivity contribution in [3.63, 3.8) is 0 Å². The fourth-order valence-corrected chi connectivity index (χ4v) is 0.348. The van der Waals surface area contributed by atoms with Crippen molar-refractivity contribution >= 4 is 12.9 Å². The molecule has 0 spiro atoms. The number of nitrogens with zero attached hydrogens (tertiary/aromatic N) is 1. The molecule has 0 unspecified atom stereocenters. The van der Waals surface area contributed by atoms with E-state index in [1.54, 1.807) is 0 Å². The molecule has 0 aromatic rings. The van der Waals surface area contributed by atoms with Crippen LogP contribution in [0.3, 0.4) is 0 Å². The molecule has 3 nitrogen and oxygen atoms in total. The van der Waals surface area contributed by atoms with Crippen LogP contribution >= 0.6 is 0 Å². The van der Waals surface area contributed by atoms with Crippen molar-refractivity contribution in [2.24, 2.45) is 0 Å². The molecule has 0 atom stereocenters. The Bertz CT molecular complexity index is 110. The van der Waals surface area contributed by atoms with E-state index in [1.807, 2.05) is 0 Å². The molecule has 0 rings (SSSR count). The zero-order chi connectivity index (χ0) is 7.11. The Morgan fingerprint density at radius 2 is 2.20 bits per heavy atom. The van der Waals surface area contributed by atoms with Gasteiger partial charge in [0, 0.05) is 32.7 Å². The van der Waals surface area contributed by atoms with Gasteiger partial charge in [0.15, 0.2) is 0 Å². The number of hydrogen-bond donors (Lipinski definition) is 0. The Balaban J connectivity index is 0. The van der Waals surface area contributed by atoms with Gasteiger partial charge in [-0.25, -0.2) is 0 Å². The Hall–Kier alpha value is 0.469. The van der Waals surface area contributed by atoms with Gasteiger partial charge in [-0.1, -0.05) is 0 Å². The van der Waals surface area contributed by atoms with E-state index in [0.717, 1.165) is 0 Å². The average Bonchev–Trinajstić information content (AvgIpc) is 1.80. The third-order valence-corrected chi connectivity index (χ3v) is 0.752. The summed E-state index contributed by atoms with van der Waals surface area (Å²) in [6, 6.07) is 0. The summed E-state index contributed by atoms with van der Waals surface area (Å²) < 4.78 is 9.66. The Morgan fingerprint density at radius 1 is 1.60 bits per heavy atom. The van der Waals surface area contributed by atoms with Crippen LogP contribution in [-0.4, -0.2) is 25.9 Å². The minimum Gasteiger partial charge on any atom is 0 e. The molecular formula is C5H8BNO2Y-2. The maximum Gasteiger partial charge on any atom is 0 e. The summed E-state index contributed by atoms with van der Waals surface area (Å²) >= 11 is 0. The van der Waals surface area contributed by atoms with E-state index < -0.39 is 0 Å².